The number of halogens is 1. The van der Waals surface area contributed by atoms with Crippen LogP contribution in [0.3, 0.4) is 0 Å². The number of hydrogen-bond donors (Lipinski definition) is 1. The highest BCUT2D eigenvalue weighted by Crippen LogP contribution is 2.22. The SMILES string of the molecule is CC(C)NC1CCN(CCc2ccc(Cl)s2)C1. The molecule has 1 fully saturated rings. The molecule has 4 heteroatoms. The fraction of sp³-hybridized carbons (Fsp3) is 0.692. The summed E-state index contributed by atoms with van der Waals surface area (Å²) in [5.41, 5.74) is 0. The molecule has 1 aromatic rings. The van der Waals surface area contributed by atoms with E-state index in [0.29, 0.717) is 12.1 Å². The molecule has 0 saturated carbocycles. The van der Waals surface area contributed by atoms with Crippen LogP contribution in [0.4, 0.5) is 0 Å². The Kier molecular flexibility index (Phi) is 4.86. The number of nitrogens with zero attached hydrogens (tertiary/aromatic N) is 1. The van der Waals surface area contributed by atoms with Gasteiger partial charge >= 0.3 is 0 Å². The molecule has 1 aliphatic rings. The predicted molar refractivity (Wildman–Crippen MR) is 76.1 cm³/mol. The summed E-state index contributed by atoms with van der Waals surface area (Å²) in [4.78, 5) is 3.95. The van der Waals surface area contributed by atoms with E-state index in [9.17, 15) is 0 Å². The molecule has 1 unspecified atom stereocenters. The fourth-order valence-corrected chi connectivity index (χ4v) is 3.47. The van der Waals surface area contributed by atoms with Gasteiger partial charge in [-0.05, 0) is 31.5 Å². The second kappa shape index (κ2) is 6.19. The van der Waals surface area contributed by atoms with E-state index in [0.717, 1.165) is 17.3 Å². The van der Waals surface area contributed by atoms with Crippen LogP contribution in [-0.2, 0) is 6.42 Å². The van der Waals surface area contributed by atoms with Gasteiger partial charge in [0.1, 0.15) is 0 Å². The summed E-state index contributed by atoms with van der Waals surface area (Å²) in [7, 11) is 0. The standard InChI is InChI=1S/C13H21ClN2S/c1-10(2)15-11-5-7-16(9-11)8-6-12-3-4-13(14)17-12/h3-4,10-11,15H,5-9H2,1-2H3. The zero-order chi connectivity index (χ0) is 12.3. The lowest BCUT2D eigenvalue weighted by atomic mass is 10.2. The summed E-state index contributed by atoms with van der Waals surface area (Å²) in [5.74, 6) is 0. The summed E-state index contributed by atoms with van der Waals surface area (Å²) in [6.45, 7) is 8.01. The minimum atomic E-state index is 0.594. The van der Waals surface area contributed by atoms with Crippen molar-refractivity contribution in [1.29, 1.82) is 0 Å². The van der Waals surface area contributed by atoms with Gasteiger partial charge in [-0.3, -0.25) is 0 Å². The zero-order valence-electron chi connectivity index (χ0n) is 10.6. The molecule has 1 aliphatic heterocycles. The van der Waals surface area contributed by atoms with Crippen LogP contribution in [0.15, 0.2) is 12.1 Å². The molecule has 0 spiro atoms. The number of hydrogen-bond acceptors (Lipinski definition) is 3. The maximum atomic E-state index is 5.93. The molecule has 0 aromatic carbocycles. The van der Waals surface area contributed by atoms with Gasteiger partial charge in [0.05, 0.1) is 4.34 Å². The van der Waals surface area contributed by atoms with Gasteiger partial charge in [0.15, 0.2) is 0 Å². The molecule has 2 rings (SSSR count). The lowest BCUT2D eigenvalue weighted by molar-refractivity contribution is 0.329. The van der Waals surface area contributed by atoms with Crippen LogP contribution in [-0.4, -0.2) is 36.6 Å². The van der Waals surface area contributed by atoms with Crippen molar-refractivity contribution in [3.63, 3.8) is 0 Å². The second-order valence-electron chi connectivity index (χ2n) is 5.06. The predicted octanol–water partition coefficient (Wildman–Crippen LogP) is 3.02. The van der Waals surface area contributed by atoms with Gasteiger partial charge in [0, 0.05) is 30.1 Å². The largest absolute Gasteiger partial charge is 0.310 e. The van der Waals surface area contributed by atoms with Gasteiger partial charge in [-0.15, -0.1) is 11.3 Å². The number of thiophene rings is 1. The third kappa shape index (κ3) is 4.25. The minimum absolute atomic E-state index is 0.594. The van der Waals surface area contributed by atoms with E-state index in [1.807, 2.05) is 6.07 Å². The van der Waals surface area contributed by atoms with Crippen LogP contribution in [0, 0.1) is 0 Å². The van der Waals surface area contributed by atoms with Crippen molar-refractivity contribution < 1.29 is 0 Å². The van der Waals surface area contributed by atoms with E-state index in [1.54, 1.807) is 11.3 Å². The Balaban J connectivity index is 1.71. The molecule has 1 atom stereocenters. The molecule has 0 radical (unpaired) electrons. The first-order valence-electron chi connectivity index (χ1n) is 6.36. The van der Waals surface area contributed by atoms with Crippen LogP contribution in [0.25, 0.3) is 0 Å². The fourth-order valence-electron chi connectivity index (χ4n) is 2.40. The van der Waals surface area contributed by atoms with E-state index in [4.69, 9.17) is 11.6 Å². The van der Waals surface area contributed by atoms with Gasteiger partial charge < -0.3 is 10.2 Å². The molecule has 0 aliphatic carbocycles. The summed E-state index contributed by atoms with van der Waals surface area (Å²) in [6.07, 6.45) is 2.41. The van der Waals surface area contributed by atoms with Crippen molar-refractivity contribution in [3.05, 3.63) is 21.3 Å². The summed E-state index contributed by atoms with van der Waals surface area (Å²) in [5, 5.41) is 3.61. The second-order valence-corrected chi connectivity index (χ2v) is 6.86. The van der Waals surface area contributed by atoms with Crippen molar-refractivity contribution in [2.45, 2.75) is 38.8 Å². The number of likely N-dealkylation sites (tertiary alicyclic amines) is 1. The van der Waals surface area contributed by atoms with Crippen LogP contribution >= 0.6 is 22.9 Å². The van der Waals surface area contributed by atoms with E-state index >= 15 is 0 Å². The zero-order valence-corrected chi connectivity index (χ0v) is 12.2. The summed E-state index contributed by atoms with van der Waals surface area (Å²) < 4.78 is 0.903. The van der Waals surface area contributed by atoms with E-state index in [1.165, 1.54) is 24.4 Å². The molecule has 17 heavy (non-hydrogen) atoms. The molecule has 96 valence electrons. The van der Waals surface area contributed by atoms with Crippen LogP contribution in [0.5, 0.6) is 0 Å². The Morgan fingerprint density at radius 2 is 2.35 bits per heavy atom. The first-order chi connectivity index (χ1) is 8.13. The molecule has 1 N–H and O–H groups in total. The normalized spacial score (nSPS) is 21.5. The van der Waals surface area contributed by atoms with Crippen LogP contribution in [0.2, 0.25) is 4.34 Å². The molecule has 2 heterocycles. The molecule has 0 amide bonds. The Labute approximate surface area is 113 Å². The van der Waals surface area contributed by atoms with Crippen molar-refractivity contribution in [3.8, 4) is 0 Å². The van der Waals surface area contributed by atoms with Gasteiger partial charge in [-0.1, -0.05) is 25.4 Å². The highest BCUT2D eigenvalue weighted by atomic mass is 35.5. The Bertz CT molecular complexity index is 351. The van der Waals surface area contributed by atoms with Crippen molar-refractivity contribution in [2.24, 2.45) is 0 Å². The molecule has 0 bridgehead atoms. The van der Waals surface area contributed by atoms with E-state index in [-0.39, 0.29) is 0 Å². The molecule has 2 nitrogen and oxygen atoms in total. The topological polar surface area (TPSA) is 15.3 Å². The number of nitrogens with one attached hydrogen (secondary N) is 1. The van der Waals surface area contributed by atoms with Gasteiger partial charge in [-0.25, -0.2) is 0 Å². The first kappa shape index (κ1) is 13.3. The highest BCUT2D eigenvalue weighted by Gasteiger charge is 2.22. The summed E-state index contributed by atoms with van der Waals surface area (Å²) >= 11 is 7.64. The third-order valence-corrected chi connectivity index (χ3v) is 4.44. The Morgan fingerprint density at radius 3 is 3.00 bits per heavy atom. The van der Waals surface area contributed by atoms with Crippen molar-refractivity contribution in [1.82, 2.24) is 10.2 Å². The molecule has 1 aromatic heterocycles. The van der Waals surface area contributed by atoms with Crippen molar-refractivity contribution >= 4 is 22.9 Å². The van der Waals surface area contributed by atoms with E-state index < -0.39 is 0 Å². The molecule has 1 saturated heterocycles. The summed E-state index contributed by atoms with van der Waals surface area (Å²) in [6, 6.07) is 5.42. The van der Waals surface area contributed by atoms with Gasteiger partial charge in [0.25, 0.3) is 0 Å². The minimum Gasteiger partial charge on any atom is -0.310 e. The Hall–Kier alpha value is -0.0900. The van der Waals surface area contributed by atoms with Crippen LogP contribution in [0.1, 0.15) is 25.1 Å². The lowest BCUT2D eigenvalue weighted by Crippen LogP contribution is -2.37. The van der Waals surface area contributed by atoms with Crippen LogP contribution < -0.4 is 5.32 Å². The quantitative estimate of drug-likeness (QED) is 0.886. The maximum absolute atomic E-state index is 5.93. The lowest BCUT2D eigenvalue weighted by Gasteiger charge is -2.17. The smallest absolute Gasteiger partial charge is 0.0931 e. The molecular formula is C13H21ClN2S. The average Bonchev–Trinajstić information content (AvgIpc) is 2.84. The average molecular weight is 273 g/mol. The monoisotopic (exact) mass is 272 g/mol. The highest BCUT2D eigenvalue weighted by molar-refractivity contribution is 7.16. The number of rotatable bonds is 5. The van der Waals surface area contributed by atoms with Gasteiger partial charge in [-0.2, -0.15) is 0 Å². The first-order valence-corrected chi connectivity index (χ1v) is 7.55. The van der Waals surface area contributed by atoms with Crippen molar-refractivity contribution in [2.75, 3.05) is 19.6 Å². The Morgan fingerprint density at radius 1 is 1.53 bits per heavy atom. The third-order valence-electron chi connectivity index (χ3n) is 3.14. The van der Waals surface area contributed by atoms with Gasteiger partial charge in [0.2, 0.25) is 0 Å². The maximum Gasteiger partial charge on any atom is 0.0931 e. The van der Waals surface area contributed by atoms with E-state index in [2.05, 4.69) is 30.1 Å². The molecular weight excluding hydrogens is 252 g/mol.